The number of amides is 2. The Morgan fingerprint density at radius 1 is 1.29 bits per heavy atom. The Balaban J connectivity index is 1.99. The SMILES string of the molecule is CC1CCN(C(=O)N(CCCN)Cc2ccccc2)CC1. The van der Waals surface area contributed by atoms with Crippen molar-refractivity contribution in [2.75, 3.05) is 26.2 Å². The van der Waals surface area contributed by atoms with Gasteiger partial charge in [0.2, 0.25) is 0 Å². The maximum Gasteiger partial charge on any atom is 0.320 e. The fourth-order valence-electron chi connectivity index (χ4n) is 2.73. The van der Waals surface area contributed by atoms with E-state index in [-0.39, 0.29) is 6.03 Å². The van der Waals surface area contributed by atoms with Crippen molar-refractivity contribution in [2.45, 2.75) is 32.7 Å². The number of benzene rings is 1. The molecular formula is C17H27N3O. The first-order chi connectivity index (χ1) is 10.2. The lowest BCUT2D eigenvalue weighted by molar-refractivity contribution is 0.132. The van der Waals surface area contributed by atoms with Gasteiger partial charge in [-0.25, -0.2) is 4.79 Å². The van der Waals surface area contributed by atoms with E-state index in [1.165, 1.54) is 5.56 Å². The van der Waals surface area contributed by atoms with Crippen LogP contribution in [0.4, 0.5) is 4.79 Å². The number of likely N-dealkylation sites (tertiary alicyclic amines) is 1. The number of hydrogen-bond donors (Lipinski definition) is 1. The van der Waals surface area contributed by atoms with Crippen molar-refractivity contribution in [3.63, 3.8) is 0 Å². The molecule has 1 aromatic carbocycles. The summed E-state index contributed by atoms with van der Waals surface area (Å²) >= 11 is 0. The number of urea groups is 1. The molecule has 2 amide bonds. The number of nitrogens with two attached hydrogens (primary N) is 1. The minimum Gasteiger partial charge on any atom is -0.330 e. The first-order valence-corrected chi connectivity index (χ1v) is 7.98. The van der Waals surface area contributed by atoms with Crippen LogP contribution in [0.25, 0.3) is 0 Å². The van der Waals surface area contributed by atoms with Crippen molar-refractivity contribution in [2.24, 2.45) is 11.7 Å². The van der Waals surface area contributed by atoms with E-state index in [1.807, 2.05) is 28.0 Å². The molecule has 2 N–H and O–H groups in total. The van der Waals surface area contributed by atoms with Gasteiger partial charge in [0.25, 0.3) is 0 Å². The number of rotatable bonds is 5. The molecule has 1 fully saturated rings. The molecule has 2 rings (SSSR count). The molecular weight excluding hydrogens is 262 g/mol. The largest absolute Gasteiger partial charge is 0.330 e. The van der Waals surface area contributed by atoms with Gasteiger partial charge in [0, 0.05) is 26.2 Å². The monoisotopic (exact) mass is 289 g/mol. The summed E-state index contributed by atoms with van der Waals surface area (Å²) in [6, 6.07) is 10.3. The molecule has 21 heavy (non-hydrogen) atoms. The van der Waals surface area contributed by atoms with E-state index >= 15 is 0 Å². The quantitative estimate of drug-likeness (QED) is 0.906. The maximum absolute atomic E-state index is 12.7. The number of nitrogens with zero attached hydrogens (tertiary/aromatic N) is 2. The molecule has 0 bridgehead atoms. The Morgan fingerprint density at radius 3 is 2.57 bits per heavy atom. The molecule has 0 unspecified atom stereocenters. The van der Waals surface area contributed by atoms with Gasteiger partial charge >= 0.3 is 6.03 Å². The fraction of sp³-hybridized carbons (Fsp3) is 0.588. The minimum atomic E-state index is 0.166. The number of piperidine rings is 1. The van der Waals surface area contributed by atoms with Crippen molar-refractivity contribution >= 4 is 6.03 Å². The van der Waals surface area contributed by atoms with Crippen LogP contribution in [0.15, 0.2) is 30.3 Å². The second-order valence-electron chi connectivity index (χ2n) is 6.00. The summed E-state index contributed by atoms with van der Waals surface area (Å²) < 4.78 is 0. The van der Waals surface area contributed by atoms with Crippen molar-refractivity contribution in [3.05, 3.63) is 35.9 Å². The van der Waals surface area contributed by atoms with Gasteiger partial charge in [-0.05, 0) is 37.3 Å². The van der Waals surface area contributed by atoms with E-state index in [9.17, 15) is 4.79 Å². The zero-order chi connectivity index (χ0) is 15.1. The first kappa shape index (κ1) is 15.8. The minimum absolute atomic E-state index is 0.166. The molecule has 1 aliphatic heterocycles. The second kappa shape index (κ2) is 8.03. The van der Waals surface area contributed by atoms with Gasteiger partial charge in [-0.2, -0.15) is 0 Å². The highest BCUT2D eigenvalue weighted by atomic mass is 16.2. The summed E-state index contributed by atoms with van der Waals surface area (Å²) in [6.07, 6.45) is 3.08. The van der Waals surface area contributed by atoms with Crippen LogP contribution in [0.2, 0.25) is 0 Å². The fourth-order valence-corrected chi connectivity index (χ4v) is 2.73. The Bertz CT molecular complexity index is 427. The van der Waals surface area contributed by atoms with Crippen LogP contribution in [-0.4, -0.2) is 42.0 Å². The predicted molar refractivity (Wildman–Crippen MR) is 85.9 cm³/mol. The molecule has 1 aliphatic rings. The van der Waals surface area contributed by atoms with E-state index in [4.69, 9.17) is 5.73 Å². The molecule has 1 heterocycles. The van der Waals surface area contributed by atoms with E-state index in [2.05, 4.69) is 19.1 Å². The average Bonchev–Trinajstić information content (AvgIpc) is 2.52. The van der Waals surface area contributed by atoms with E-state index in [0.29, 0.717) is 13.1 Å². The van der Waals surface area contributed by atoms with Crippen LogP contribution in [0.3, 0.4) is 0 Å². The van der Waals surface area contributed by atoms with E-state index in [1.54, 1.807) is 0 Å². The van der Waals surface area contributed by atoms with Gasteiger partial charge in [-0.15, -0.1) is 0 Å². The molecule has 0 aromatic heterocycles. The molecule has 0 saturated carbocycles. The second-order valence-corrected chi connectivity index (χ2v) is 6.00. The highest BCUT2D eigenvalue weighted by Gasteiger charge is 2.24. The molecule has 0 radical (unpaired) electrons. The zero-order valence-corrected chi connectivity index (χ0v) is 13.0. The lowest BCUT2D eigenvalue weighted by Crippen LogP contribution is -2.46. The van der Waals surface area contributed by atoms with Crippen molar-refractivity contribution in [1.29, 1.82) is 0 Å². The molecule has 1 aromatic rings. The Kier molecular flexibility index (Phi) is 6.05. The molecule has 0 spiro atoms. The van der Waals surface area contributed by atoms with Crippen LogP contribution in [-0.2, 0) is 6.54 Å². The lowest BCUT2D eigenvalue weighted by atomic mass is 9.99. The summed E-state index contributed by atoms with van der Waals surface area (Å²) in [4.78, 5) is 16.7. The van der Waals surface area contributed by atoms with Gasteiger partial charge < -0.3 is 15.5 Å². The van der Waals surface area contributed by atoms with Crippen molar-refractivity contribution in [1.82, 2.24) is 9.80 Å². The molecule has 0 aliphatic carbocycles. The van der Waals surface area contributed by atoms with Gasteiger partial charge in [-0.3, -0.25) is 0 Å². The highest BCUT2D eigenvalue weighted by Crippen LogP contribution is 2.18. The van der Waals surface area contributed by atoms with Gasteiger partial charge in [0.1, 0.15) is 0 Å². The topological polar surface area (TPSA) is 49.6 Å². The summed E-state index contributed by atoms with van der Waals surface area (Å²) in [7, 11) is 0. The van der Waals surface area contributed by atoms with Crippen molar-refractivity contribution < 1.29 is 4.79 Å². The van der Waals surface area contributed by atoms with Crippen LogP contribution in [0.1, 0.15) is 31.7 Å². The Labute approximate surface area is 127 Å². The third kappa shape index (κ3) is 4.74. The number of carbonyl (C=O) groups is 1. The molecule has 4 heteroatoms. The first-order valence-electron chi connectivity index (χ1n) is 7.98. The number of carbonyl (C=O) groups excluding carboxylic acids is 1. The third-order valence-corrected chi connectivity index (χ3v) is 4.17. The van der Waals surface area contributed by atoms with Crippen LogP contribution in [0, 0.1) is 5.92 Å². The standard InChI is InChI=1S/C17H27N3O/c1-15-8-12-19(13-9-15)17(21)20(11-5-10-18)14-16-6-3-2-4-7-16/h2-4,6-7,15H,5,8-14,18H2,1H3. The predicted octanol–water partition coefficient (Wildman–Crippen LogP) is 2.69. The maximum atomic E-state index is 12.7. The molecule has 4 nitrogen and oxygen atoms in total. The summed E-state index contributed by atoms with van der Waals surface area (Å²) in [5, 5.41) is 0. The summed E-state index contributed by atoms with van der Waals surface area (Å²) in [5.41, 5.74) is 6.79. The van der Waals surface area contributed by atoms with Crippen LogP contribution >= 0.6 is 0 Å². The average molecular weight is 289 g/mol. The zero-order valence-electron chi connectivity index (χ0n) is 13.0. The molecule has 0 atom stereocenters. The Morgan fingerprint density at radius 2 is 1.95 bits per heavy atom. The molecule has 1 saturated heterocycles. The van der Waals surface area contributed by atoms with Gasteiger partial charge in [-0.1, -0.05) is 37.3 Å². The Hall–Kier alpha value is -1.55. The smallest absolute Gasteiger partial charge is 0.320 e. The van der Waals surface area contributed by atoms with E-state index < -0.39 is 0 Å². The van der Waals surface area contributed by atoms with Gasteiger partial charge in [0.05, 0.1) is 0 Å². The summed E-state index contributed by atoms with van der Waals surface area (Å²) in [5.74, 6) is 0.737. The molecule has 116 valence electrons. The van der Waals surface area contributed by atoms with Gasteiger partial charge in [0.15, 0.2) is 0 Å². The van der Waals surface area contributed by atoms with Crippen LogP contribution < -0.4 is 5.73 Å². The normalized spacial score (nSPS) is 16.0. The lowest BCUT2D eigenvalue weighted by Gasteiger charge is -2.35. The highest BCUT2D eigenvalue weighted by molar-refractivity contribution is 5.74. The third-order valence-electron chi connectivity index (χ3n) is 4.17. The van der Waals surface area contributed by atoms with Crippen LogP contribution in [0.5, 0.6) is 0 Å². The number of hydrogen-bond acceptors (Lipinski definition) is 2. The van der Waals surface area contributed by atoms with E-state index in [0.717, 1.165) is 44.8 Å². The summed E-state index contributed by atoms with van der Waals surface area (Å²) in [6.45, 7) is 6.05. The van der Waals surface area contributed by atoms with Crippen molar-refractivity contribution in [3.8, 4) is 0 Å².